The molecule has 2 N–H and O–H groups in total. The maximum Gasteiger partial charge on any atom is 0.224 e. The molecule has 1 fully saturated rings. The molecule has 2 aliphatic heterocycles. The van der Waals surface area contributed by atoms with Gasteiger partial charge in [-0.25, -0.2) is 19.9 Å². The van der Waals surface area contributed by atoms with E-state index in [-0.39, 0.29) is 29.6 Å². The number of carbonyl (C=O) groups is 2. The molecule has 11 heteroatoms. The number of hydrogen-bond donors (Lipinski definition) is 1. The Morgan fingerprint density at radius 2 is 1.71 bits per heavy atom. The molecule has 1 amide bonds. The second kappa shape index (κ2) is 13.2. The number of aromatic nitrogens is 5. The van der Waals surface area contributed by atoms with Crippen molar-refractivity contribution in [3.63, 3.8) is 0 Å². The van der Waals surface area contributed by atoms with Crippen LogP contribution in [-0.2, 0) is 16.0 Å². The molecule has 2 aliphatic rings. The van der Waals surface area contributed by atoms with Crippen LogP contribution < -0.4 is 15.5 Å². The van der Waals surface area contributed by atoms with Gasteiger partial charge >= 0.3 is 0 Å². The fourth-order valence-electron chi connectivity index (χ4n) is 6.77. The van der Waals surface area contributed by atoms with Crippen molar-refractivity contribution in [2.75, 3.05) is 41.8 Å². The van der Waals surface area contributed by atoms with Gasteiger partial charge in [0.2, 0.25) is 11.9 Å². The highest BCUT2D eigenvalue weighted by atomic mass is 16.5. The first kappa shape index (κ1) is 31.4. The Hall–Kier alpha value is -5.16. The summed E-state index contributed by atoms with van der Waals surface area (Å²) in [6.07, 6.45) is 9.94. The highest BCUT2D eigenvalue weighted by molar-refractivity contribution is 5.95. The number of Topliss-reactive ketones (excluding diaryl/α,β-unsaturated/α-hetero) is 1. The fourth-order valence-corrected chi connectivity index (χ4v) is 6.77. The molecule has 0 radical (unpaired) electrons. The van der Waals surface area contributed by atoms with Gasteiger partial charge in [-0.05, 0) is 66.5 Å². The lowest BCUT2D eigenvalue weighted by atomic mass is 9.91. The number of nitrogens with zero attached hydrogens (tertiary/aromatic N) is 7. The van der Waals surface area contributed by atoms with Crippen LogP contribution in [0.5, 0.6) is 0 Å². The zero-order chi connectivity index (χ0) is 33.4. The Morgan fingerprint density at radius 3 is 2.44 bits per heavy atom. The Balaban J connectivity index is 1.06. The molecule has 0 unspecified atom stereocenters. The van der Waals surface area contributed by atoms with Crippen LogP contribution in [0, 0.1) is 0 Å². The highest BCUT2D eigenvalue weighted by Gasteiger charge is 2.26. The zero-order valence-electron chi connectivity index (χ0n) is 27.6. The first-order valence-corrected chi connectivity index (χ1v) is 16.6. The Morgan fingerprint density at radius 1 is 0.979 bits per heavy atom. The van der Waals surface area contributed by atoms with Crippen molar-refractivity contribution in [2.45, 2.75) is 58.4 Å². The van der Waals surface area contributed by atoms with E-state index in [2.05, 4.69) is 71.2 Å². The van der Waals surface area contributed by atoms with Crippen molar-refractivity contribution < 1.29 is 14.3 Å². The molecule has 3 aromatic heterocycles. The predicted octanol–water partition coefficient (Wildman–Crippen LogP) is 5.73. The largest absolute Gasteiger partial charge is 0.378 e. The number of ketones is 1. The molecule has 0 aliphatic carbocycles. The van der Waals surface area contributed by atoms with Crippen molar-refractivity contribution in [1.82, 2.24) is 24.3 Å². The third kappa shape index (κ3) is 6.25. The van der Waals surface area contributed by atoms with Gasteiger partial charge in [0.1, 0.15) is 5.69 Å². The minimum atomic E-state index is -0.00421. The Kier molecular flexibility index (Phi) is 8.62. The average molecular weight is 645 g/mol. The van der Waals surface area contributed by atoms with Crippen LogP contribution in [-0.4, -0.2) is 68.4 Å². The van der Waals surface area contributed by atoms with Gasteiger partial charge in [0, 0.05) is 68.5 Å². The fraction of sp³-hybridized carbons (Fsp3) is 0.351. The second-order valence-electron chi connectivity index (χ2n) is 12.8. The van der Waals surface area contributed by atoms with Gasteiger partial charge < -0.3 is 24.7 Å². The SMILES string of the molecule is CC(=O)N1c2ccc(-c3ccc([C@@H](C)CCC(=O)c4cn5cc(-c6cnc(N)nc6)nc(N6CCOCC6)c5n4)cc3)cc2CC[C@@H]1C. The number of anilines is 3. The second-order valence-corrected chi connectivity index (χ2v) is 12.8. The quantitative estimate of drug-likeness (QED) is 0.211. The van der Waals surface area contributed by atoms with Gasteiger partial charge in [-0.3, -0.25) is 9.59 Å². The first-order valence-electron chi connectivity index (χ1n) is 16.6. The van der Waals surface area contributed by atoms with Crippen molar-refractivity contribution >= 4 is 34.8 Å². The number of fused-ring (bicyclic) bond motifs is 2. The Labute approximate surface area is 279 Å². The smallest absolute Gasteiger partial charge is 0.224 e. The summed E-state index contributed by atoms with van der Waals surface area (Å²) >= 11 is 0. The summed E-state index contributed by atoms with van der Waals surface area (Å²) in [5.74, 6) is 1.17. The number of ether oxygens (including phenoxy) is 1. The van der Waals surface area contributed by atoms with Crippen molar-refractivity contribution in [2.24, 2.45) is 0 Å². The van der Waals surface area contributed by atoms with E-state index in [1.54, 1.807) is 25.5 Å². The number of nitrogen functional groups attached to an aromatic ring is 1. The summed E-state index contributed by atoms with van der Waals surface area (Å²) in [5.41, 5.74) is 13.9. The van der Waals surface area contributed by atoms with Crippen molar-refractivity contribution in [3.05, 3.63) is 84.1 Å². The summed E-state index contributed by atoms with van der Waals surface area (Å²) in [5, 5.41) is 0. The molecule has 0 saturated carbocycles. The van der Waals surface area contributed by atoms with Crippen LogP contribution in [0.3, 0.4) is 0 Å². The summed E-state index contributed by atoms with van der Waals surface area (Å²) in [7, 11) is 0. The van der Waals surface area contributed by atoms with E-state index >= 15 is 0 Å². The van der Waals surface area contributed by atoms with Crippen LogP contribution in [0.25, 0.3) is 28.0 Å². The van der Waals surface area contributed by atoms with Crippen LogP contribution in [0.15, 0.2) is 67.3 Å². The molecule has 5 heterocycles. The molecule has 5 aromatic rings. The summed E-state index contributed by atoms with van der Waals surface area (Å²) < 4.78 is 7.43. The maximum absolute atomic E-state index is 13.5. The zero-order valence-corrected chi connectivity index (χ0v) is 27.6. The minimum absolute atomic E-state index is 0.00421. The average Bonchev–Trinajstić information content (AvgIpc) is 3.55. The van der Waals surface area contributed by atoms with Gasteiger partial charge in [0.15, 0.2) is 17.2 Å². The number of morpholine rings is 1. The number of rotatable bonds is 8. The number of amides is 1. The summed E-state index contributed by atoms with van der Waals surface area (Å²) in [4.78, 5) is 47.7. The lowest BCUT2D eigenvalue weighted by molar-refractivity contribution is -0.117. The third-order valence-electron chi connectivity index (χ3n) is 9.55. The van der Waals surface area contributed by atoms with Crippen LogP contribution in [0.1, 0.15) is 67.6 Å². The molecule has 0 spiro atoms. The van der Waals surface area contributed by atoms with Gasteiger partial charge in [-0.2, -0.15) is 0 Å². The predicted molar refractivity (Wildman–Crippen MR) is 186 cm³/mol. The van der Waals surface area contributed by atoms with E-state index in [4.69, 9.17) is 20.4 Å². The molecule has 2 atom stereocenters. The maximum atomic E-state index is 13.5. The molecule has 2 aromatic carbocycles. The third-order valence-corrected chi connectivity index (χ3v) is 9.55. The lowest BCUT2D eigenvalue weighted by Gasteiger charge is -2.34. The number of nitrogens with two attached hydrogens (primary N) is 1. The number of carbonyl (C=O) groups excluding carboxylic acids is 2. The van der Waals surface area contributed by atoms with Crippen LogP contribution >= 0.6 is 0 Å². The number of benzene rings is 2. The molecule has 48 heavy (non-hydrogen) atoms. The molecular formula is C37H40N8O3. The monoisotopic (exact) mass is 644 g/mol. The standard InChI is InChI=1S/C37H40N8O3/c1-23(26-7-9-27(10-8-26)28-11-12-33-29(18-28)6-5-24(2)45(33)25(3)46)4-13-34(47)32-22-44-21-31(30-19-39-37(38)40-20-30)41-35(36(44)42-32)43-14-16-48-17-15-43/h7-12,18-24H,4-6,13-17H2,1-3H3,(H2,38,39,40)/t23-,24-/m0/s1. The molecule has 1 saturated heterocycles. The van der Waals surface area contributed by atoms with Crippen LogP contribution in [0.4, 0.5) is 17.5 Å². The number of imidazole rings is 1. The van der Waals surface area contributed by atoms with E-state index in [1.807, 2.05) is 15.5 Å². The van der Waals surface area contributed by atoms with Crippen LogP contribution in [0.2, 0.25) is 0 Å². The van der Waals surface area contributed by atoms with E-state index in [0.717, 1.165) is 35.2 Å². The van der Waals surface area contributed by atoms with Crippen molar-refractivity contribution in [1.29, 1.82) is 0 Å². The van der Waals surface area contributed by atoms with Gasteiger partial charge in [-0.15, -0.1) is 0 Å². The van der Waals surface area contributed by atoms with Gasteiger partial charge in [0.05, 0.1) is 18.9 Å². The topological polar surface area (TPSA) is 132 Å². The minimum Gasteiger partial charge on any atom is -0.378 e. The summed E-state index contributed by atoms with van der Waals surface area (Å²) in [6, 6.07) is 15.2. The first-order chi connectivity index (χ1) is 23.2. The normalized spacial score (nSPS) is 16.9. The molecule has 11 nitrogen and oxygen atoms in total. The van der Waals surface area contributed by atoms with E-state index in [1.165, 1.54) is 11.1 Å². The Bertz CT molecular complexity index is 1970. The molecule has 0 bridgehead atoms. The highest BCUT2D eigenvalue weighted by Crippen LogP contribution is 2.35. The van der Waals surface area contributed by atoms with Gasteiger partial charge in [0.25, 0.3) is 0 Å². The molecule has 7 rings (SSSR count). The van der Waals surface area contributed by atoms with E-state index < -0.39 is 0 Å². The van der Waals surface area contributed by atoms with E-state index in [0.29, 0.717) is 62.0 Å². The molecule has 246 valence electrons. The lowest BCUT2D eigenvalue weighted by Crippen LogP contribution is -2.40. The number of hydrogen-bond acceptors (Lipinski definition) is 9. The summed E-state index contributed by atoms with van der Waals surface area (Å²) in [6.45, 7) is 8.46. The van der Waals surface area contributed by atoms with Gasteiger partial charge in [-0.1, -0.05) is 37.3 Å². The van der Waals surface area contributed by atoms with E-state index in [9.17, 15) is 9.59 Å². The number of aryl methyl sites for hydroxylation is 1. The van der Waals surface area contributed by atoms with Crippen molar-refractivity contribution in [3.8, 4) is 22.4 Å². The molecular weight excluding hydrogens is 604 g/mol.